The van der Waals surface area contributed by atoms with Crippen LogP contribution in [0, 0.1) is 5.82 Å². The van der Waals surface area contributed by atoms with Crippen LogP contribution in [0.2, 0.25) is 0 Å². The average molecular weight is 364 g/mol. The molecule has 0 saturated heterocycles. The number of carboxylic acids is 1. The molecule has 5 heteroatoms. The Bertz CT molecular complexity index is 997. The minimum Gasteiger partial charge on any atom is -0.481 e. The molecule has 0 atom stereocenters. The fraction of sp³-hybridized carbons (Fsp3) is 0.227. The Balaban J connectivity index is 2.02. The quantitative estimate of drug-likeness (QED) is 0.580. The Morgan fingerprint density at radius 1 is 1.07 bits per heavy atom. The summed E-state index contributed by atoms with van der Waals surface area (Å²) in [7, 11) is 0. The maximum absolute atomic E-state index is 13.3. The van der Waals surface area contributed by atoms with Gasteiger partial charge in [-0.3, -0.25) is 4.79 Å². The van der Waals surface area contributed by atoms with Crippen molar-refractivity contribution in [3.05, 3.63) is 66.1 Å². The van der Waals surface area contributed by atoms with Gasteiger partial charge in [-0.05, 0) is 68.1 Å². The lowest BCUT2D eigenvalue weighted by Gasteiger charge is -2.11. The number of carboxylic acid groups (broad SMARTS) is 1. The van der Waals surface area contributed by atoms with Crippen molar-refractivity contribution in [1.29, 1.82) is 0 Å². The van der Waals surface area contributed by atoms with Gasteiger partial charge in [0.2, 0.25) is 0 Å². The molecule has 0 aliphatic carbocycles. The van der Waals surface area contributed by atoms with E-state index in [0.29, 0.717) is 25.0 Å². The van der Waals surface area contributed by atoms with Crippen LogP contribution in [-0.4, -0.2) is 21.0 Å². The molecule has 0 saturated carbocycles. The smallest absolute Gasteiger partial charge is 0.303 e. The number of nitrogens with zero attached hydrogens (tertiary/aromatic N) is 2. The van der Waals surface area contributed by atoms with Gasteiger partial charge in [-0.1, -0.05) is 18.2 Å². The zero-order valence-corrected chi connectivity index (χ0v) is 15.2. The molecule has 3 rings (SSSR count). The van der Waals surface area contributed by atoms with Crippen LogP contribution in [0.3, 0.4) is 0 Å². The number of unbranched alkanes of at least 4 members (excludes halogenated alkanes) is 1. The summed E-state index contributed by atoms with van der Waals surface area (Å²) in [5.41, 5.74) is 5.78. The Morgan fingerprint density at radius 2 is 1.81 bits per heavy atom. The van der Waals surface area contributed by atoms with E-state index in [-0.39, 0.29) is 12.2 Å². The first-order chi connectivity index (χ1) is 12.9. The third-order valence-corrected chi connectivity index (χ3v) is 4.40. The molecular weight excluding hydrogens is 343 g/mol. The lowest BCUT2D eigenvalue weighted by atomic mass is 10.0. The summed E-state index contributed by atoms with van der Waals surface area (Å²) in [4.78, 5) is 20.3. The SMILES string of the molecule is C=C(C)c1ccc2nc(-c3ccc(F)cc3)c(CCCCC(=O)O)nc2c1. The summed E-state index contributed by atoms with van der Waals surface area (Å²) in [6.45, 7) is 5.90. The van der Waals surface area contributed by atoms with Gasteiger partial charge in [-0.25, -0.2) is 14.4 Å². The molecule has 1 aromatic heterocycles. The number of aryl methyl sites for hydroxylation is 1. The van der Waals surface area contributed by atoms with Gasteiger partial charge in [-0.2, -0.15) is 0 Å². The first kappa shape index (κ1) is 18.7. The van der Waals surface area contributed by atoms with Gasteiger partial charge in [0.25, 0.3) is 0 Å². The Morgan fingerprint density at radius 3 is 2.48 bits per heavy atom. The Kier molecular flexibility index (Phi) is 5.60. The van der Waals surface area contributed by atoms with E-state index in [2.05, 4.69) is 6.58 Å². The van der Waals surface area contributed by atoms with E-state index in [0.717, 1.165) is 33.4 Å². The number of hydrogen-bond donors (Lipinski definition) is 1. The number of carbonyl (C=O) groups is 1. The normalized spacial score (nSPS) is 10.9. The second kappa shape index (κ2) is 8.08. The van der Waals surface area contributed by atoms with Gasteiger partial charge < -0.3 is 5.11 Å². The van der Waals surface area contributed by atoms with Gasteiger partial charge >= 0.3 is 5.97 Å². The number of fused-ring (bicyclic) bond motifs is 1. The molecule has 1 heterocycles. The number of hydrogen-bond acceptors (Lipinski definition) is 3. The highest BCUT2D eigenvalue weighted by Gasteiger charge is 2.12. The number of halogens is 1. The van der Waals surface area contributed by atoms with E-state index >= 15 is 0 Å². The van der Waals surface area contributed by atoms with E-state index in [4.69, 9.17) is 15.1 Å². The molecule has 27 heavy (non-hydrogen) atoms. The van der Waals surface area contributed by atoms with Crippen LogP contribution in [0.5, 0.6) is 0 Å². The summed E-state index contributed by atoms with van der Waals surface area (Å²) < 4.78 is 13.3. The van der Waals surface area contributed by atoms with Crippen LogP contribution < -0.4 is 0 Å². The number of aromatic nitrogens is 2. The predicted octanol–water partition coefficient (Wildman–Crippen LogP) is 5.27. The van der Waals surface area contributed by atoms with Crippen molar-refractivity contribution < 1.29 is 14.3 Å². The molecular formula is C22H21FN2O2. The molecule has 3 aromatic rings. The fourth-order valence-electron chi connectivity index (χ4n) is 2.94. The molecule has 0 aliphatic rings. The van der Waals surface area contributed by atoms with Crippen molar-refractivity contribution in [2.24, 2.45) is 0 Å². The lowest BCUT2D eigenvalue weighted by Crippen LogP contribution is -2.01. The van der Waals surface area contributed by atoms with Crippen molar-refractivity contribution in [3.8, 4) is 11.3 Å². The first-order valence-electron chi connectivity index (χ1n) is 8.88. The van der Waals surface area contributed by atoms with Crippen molar-refractivity contribution in [3.63, 3.8) is 0 Å². The predicted molar refractivity (Wildman–Crippen MR) is 105 cm³/mol. The van der Waals surface area contributed by atoms with Gasteiger partial charge in [0.15, 0.2) is 0 Å². The lowest BCUT2D eigenvalue weighted by molar-refractivity contribution is -0.137. The second-order valence-corrected chi connectivity index (χ2v) is 6.61. The van der Waals surface area contributed by atoms with E-state index in [1.165, 1.54) is 12.1 Å². The number of benzene rings is 2. The van der Waals surface area contributed by atoms with Crippen LogP contribution in [0.4, 0.5) is 4.39 Å². The molecule has 0 spiro atoms. The number of aliphatic carboxylic acids is 1. The van der Waals surface area contributed by atoms with Crippen molar-refractivity contribution in [2.75, 3.05) is 0 Å². The van der Waals surface area contributed by atoms with Crippen LogP contribution >= 0.6 is 0 Å². The van der Waals surface area contributed by atoms with Gasteiger partial charge in [0.1, 0.15) is 5.82 Å². The maximum atomic E-state index is 13.3. The van der Waals surface area contributed by atoms with E-state index in [1.807, 2.05) is 25.1 Å². The second-order valence-electron chi connectivity index (χ2n) is 6.61. The van der Waals surface area contributed by atoms with Crippen molar-refractivity contribution in [1.82, 2.24) is 9.97 Å². The standard InChI is InChI=1S/C22H21FN2O2/c1-14(2)16-9-12-18-20(13-16)24-19(5-3-4-6-21(26)27)22(25-18)15-7-10-17(23)11-8-15/h7-13H,1,3-6H2,2H3,(H,26,27). The molecule has 0 unspecified atom stereocenters. The molecule has 0 amide bonds. The summed E-state index contributed by atoms with van der Waals surface area (Å²) >= 11 is 0. The largest absolute Gasteiger partial charge is 0.481 e. The van der Waals surface area contributed by atoms with Crippen LogP contribution in [0.25, 0.3) is 27.9 Å². The molecule has 2 aromatic carbocycles. The topological polar surface area (TPSA) is 63.1 Å². The van der Waals surface area contributed by atoms with Crippen LogP contribution in [0.1, 0.15) is 37.4 Å². The minimum absolute atomic E-state index is 0.132. The third kappa shape index (κ3) is 4.56. The summed E-state index contributed by atoms with van der Waals surface area (Å²) in [5, 5.41) is 8.82. The number of allylic oxidation sites excluding steroid dienone is 1. The zero-order chi connectivity index (χ0) is 19.4. The monoisotopic (exact) mass is 364 g/mol. The summed E-state index contributed by atoms with van der Waals surface area (Å²) in [6.07, 6.45) is 2.01. The van der Waals surface area contributed by atoms with Crippen molar-refractivity contribution in [2.45, 2.75) is 32.6 Å². The fourth-order valence-corrected chi connectivity index (χ4v) is 2.94. The molecule has 0 aliphatic heterocycles. The summed E-state index contributed by atoms with van der Waals surface area (Å²) in [6, 6.07) is 12.0. The molecule has 0 radical (unpaired) electrons. The average Bonchev–Trinajstić information content (AvgIpc) is 2.64. The van der Waals surface area contributed by atoms with Crippen LogP contribution in [-0.2, 0) is 11.2 Å². The van der Waals surface area contributed by atoms with Gasteiger partial charge in [0, 0.05) is 12.0 Å². The minimum atomic E-state index is -0.801. The van der Waals surface area contributed by atoms with Gasteiger partial charge in [0.05, 0.1) is 22.4 Å². The molecule has 1 N–H and O–H groups in total. The highest BCUT2D eigenvalue weighted by Crippen LogP contribution is 2.26. The molecule has 4 nitrogen and oxygen atoms in total. The molecule has 138 valence electrons. The maximum Gasteiger partial charge on any atom is 0.303 e. The third-order valence-electron chi connectivity index (χ3n) is 4.40. The summed E-state index contributed by atoms with van der Waals surface area (Å²) in [5.74, 6) is -1.11. The van der Waals surface area contributed by atoms with Crippen LogP contribution in [0.15, 0.2) is 49.0 Å². The van der Waals surface area contributed by atoms with Gasteiger partial charge in [-0.15, -0.1) is 0 Å². The van der Waals surface area contributed by atoms with E-state index in [1.54, 1.807) is 12.1 Å². The Labute approximate surface area is 157 Å². The molecule has 0 fully saturated rings. The van der Waals surface area contributed by atoms with E-state index in [9.17, 15) is 9.18 Å². The van der Waals surface area contributed by atoms with E-state index < -0.39 is 5.97 Å². The highest BCUT2D eigenvalue weighted by atomic mass is 19.1. The number of rotatable bonds is 7. The Hall–Kier alpha value is -3.08. The van der Waals surface area contributed by atoms with Crippen molar-refractivity contribution >= 4 is 22.6 Å². The highest BCUT2D eigenvalue weighted by molar-refractivity contribution is 5.82. The first-order valence-corrected chi connectivity index (χ1v) is 8.88. The molecule has 0 bridgehead atoms. The zero-order valence-electron chi connectivity index (χ0n) is 15.2.